The Morgan fingerprint density at radius 2 is 1.68 bits per heavy atom. The van der Waals surface area contributed by atoms with Crippen molar-refractivity contribution < 1.29 is 22.8 Å². The second-order valence-electron chi connectivity index (χ2n) is 5.15. The highest BCUT2D eigenvalue weighted by Gasteiger charge is 2.33. The maximum absolute atomic E-state index is 13.0. The van der Waals surface area contributed by atoms with Crippen molar-refractivity contribution in [2.75, 3.05) is 16.8 Å². The molecule has 0 radical (unpaired) electrons. The molecule has 0 aliphatic carbocycles. The molecule has 0 spiro atoms. The molecule has 2 rings (SSSR count). The lowest BCUT2D eigenvalue weighted by Gasteiger charge is -2.22. The average Bonchev–Trinajstić information content (AvgIpc) is 2.52. The molecule has 2 aromatic carbocycles. The number of rotatable bonds is 4. The van der Waals surface area contributed by atoms with Crippen LogP contribution in [0.5, 0.6) is 0 Å². The number of amides is 2. The van der Waals surface area contributed by atoms with Gasteiger partial charge in [0.25, 0.3) is 0 Å². The molecule has 0 aromatic heterocycles. The predicted octanol–water partition coefficient (Wildman–Crippen LogP) is 4.35. The molecule has 0 saturated carbocycles. The van der Waals surface area contributed by atoms with Crippen LogP contribution in [0.2, 0.25) is 5.02 Å². The van der Waals surface area contributed by atoms with Gasteiger partial charge in [0.05, 0.1) is 22.0 Å². The van der Waals surface area contributed by atoms with E-state index in [0.29, 0.717) is 5.69 Å². The molecule has 25 heavy (non-hydrogen) atoms. The van der Waals surface area contributed by atoms with Gasteiger partial charge in [0.15, 0.2) is 0 Å². The fourth-order valence-electron chi connectivity index (χ4n) is 2.21. The highest BCUT2D eigenvalue weighted by molar-refractivity contribution is 6.33. The van der Waals surface area contributed by atoms with Gasteiger partial charge in [0, 0.05) is 6.92 Å². The van der Waals surface area contributed by atoms with Gasteiger partial charge in [-0.2, -0.15) is 13.2 Å². The van der Waals surface area contributed by atoms with E-state index in [9.17, 15) is 22.8 Å². The van der Waals surface area contributed by atoms with Crippen molar-refractivity contribution >= 4 is 34.8 Å². The Bertz CT molecular complexity index is 793. The number of nitrogens with zero attached hydrogens (tertiary/aromatic N) is 1. The zero-order valence-electron chi connectivity index (χ0n) is 13.1. The van der Waals surface area contributed by atoms with Crippen LogP contribution in [0.1, 0.15) is 12.5 Å². The molecule has 8 heteroatoms. The molecule has 0 unspecified atom stereocenters. The first-order valence-corrected chi connectivity index (χ1v) is 7.56. The summed E-state index contributed by atoms with van der Waals surface area (Å²) in [5.41, 5.74) is -1.03. The first-order valence-electron chi connectivity index (χ1n) is 7.19. The van der Waals surface area contributed by atoms with Crippen molar-refractivity contribution in [1.82, 2.24) is 0 Å². The van der Waals surface area contributed by atoms with E-state index in [4.69, 9.17) is 11.6 Å². The third kappa shape index (κ3) is 4.73. The largest absolute Gasteiger partial charge is 0.418 e. The van der Waals surface area contributed by atoms with E-state index >= 15 is 0 Å². The van der Waals surface area contributed by atoms with E-state index in [1.807, 2.05) is 0 Å². The molecular weight excluding hydrogens is 357 g/mol. The van der Waals surface area contributed by atoms with Crippen LogP contribution in [0.15, 0.2) is 48.5 Å². The van der Waals surface area contributed by atoms with Crippen LogP contribution < -0.4 is 10.2 Å². The molecule has 0 saturated heterocycles. The van der Waals surface area contributed by atoms with Gasteiger partial charge in [-0.15, -0.1) is 0 Å². The second-order valence-corrected chi connectivity index (χ2v) is 5.56. The highest BCUT2D eigenvalue weighted by Crippen LogP contribution is 2.34. The van der Waals surface area contributed by atoms with Crippen LogP contribution >= 0.6 is 11.6 Å². The molecule has 0 bridgehead atoms. The van der Waals surface area contributed by atoms with Crippen LogP contribution in [-0.2, 0) is 15.8 Å². The number of carbonyl (C=O) groups excluding carboxylic acids is 2. The lowest BCUT2D eigenvalue weighted by molar-refractivity contribution is -0.137. The van der Waals surface area contributed by atoms with Crippen molar-refractivity contribution in [1.29, 1.82) is 0 Å². The van der Waals surface area contributed by atoms with Crippen LogP contribution in [0.3, 0.4) is 0 Å². The lowest BCUT2D eigenvalue weighted by Crippen LogP contribution is -2.37. The summed E-state index contributed by atoms with van der Waals surface area (Å²) in [7, 11) is 0. The number of anilines is 2. The Kier molecular flexibility index (Phi) is 5.69. The summed E-state index contributed by atoms with van der Waals surface area (Å²) in [5.74, 6) is -1.24. The smallest absolute Gasteiger partial charge is 0.324 e. The minimum absolute atomic E-state index is 0.251. The number of carbonyl (C=O) groups is 2. The Morgan fingerprint density at radius 1 is 1.08 bits per heavy atom. The van der Waals surface area contributed by atoms with Crippen LogP contribution in [0.4, 0.5) is 24.5 Å². The molecule has 0 atom stereocenters. The van der Waals surface area contributed by atoms with E-state index < -0.39 is 30.1 Å². The molecular formula is C17H14ClF3N2O2. The number of nitrogens with one attached hydrogen (secondary N) is 1. The highest BCUT2D eigenvalue weighted by atomic mass is 35.5. The normalized spacial score (nSPS) is 11.1. The van der Waals surface area contributed by atoms with Gasteiger partial charge in [0.2, 0.25) is 11.8 Å². The Morgan fingerprint density at radius 3 is 2.28 bits per heavy atom. The maximum atomic E-state index is 13.0. The molecule has 132 valence electrons. The van der Waals surface area contributed by atoms with Crippen molar-refractivity contribution in [2.45, 2.75) is 13.1 Å². The van der Waals surface area contributed by atoms with Crippen LogP contribution in [-0.4, -0.2) is 18.4 Å². The van der Waals surface area contributed by atoms with Gasteiger partial charge in [-0.25, -0.2) is 0 Å². The third-order valence-electron chi connectivity index (χ3n) is 3.33. The Hall–Kier alpha value is -2.54. The standard InChI is InChI=1S/C17H14ClF3N2O2/c1-11(24)23(15-9-5-3-7-13(15)18)10-16(25)22-14-8-4-2-6-12(14)17(19,20)21/h2-9H,10H2,1H3,(H,22,25). The van der Waals surface area contributed by atoms with Gasteiger partial charge < -0.3 is 10.2 Å². The fourth-order valence-corrected chi connectivity index (χ4v) is 2.45. The molecule has 4 nitrogen and oxygen atoms in total. The molecule has 0 fully saturated rings. The third-order valence-corrected chi connectivity index (χ3v) is 3.65. The first kappa shape index (κ1) is 18.8. The van der Waals surface area contributed by atoms with E-state index in [2.05, 4.69) is 5.32 Å². The van der Waals surface area contributed by atoms with Gasteiger partial charge in [-0.1, -0.05) is 35.9 Å². The van der Waals surface area contributed by atoms with Crippen molar-refractivity contribution in [3.8, 4) is 0 Å². The monoisotopic (exact) mass is 370 g/mol. The van der Waals surface area contributed by atoms with Gasteiger partial charge in [0.1, 0.15) is 6.54 Å². The zero-order chi connectivity index (χ0) is 18.6. The summed E-state index contributed by atoms with van der Waals surface area (Å²) in [6.07, 6.45) is -4.60. The van der Waals surface area contributed by atoms with E-state index in [-0.39, 0.29) is 10.7 Å². The number of benzene rings is 2. The summed E-state index contributed by atoms with van der Waals surface area (Å²) in [6, 6.07) is 11.0. The van der Waals surface area contributed by atoms with Gasteiger partial charge in [-0.05, 0) is 24.3 Å². The summed E-state index contributed by atoms with van der Waals surface area (Å²) in [5, 5.41) is 2.45. The molecule has 2 amide bonds. The number of para-hydroxylation sites is 2. The first-order chi connectivity index (χ1) is 11.7. The minimum Gasteiger partial charge on any atom is -0.324 e. The predicted molar refractivity (Wildman–Crippen MR) is 89.6 cm³/mol. The van der Waals surface area contributed by atoms with Crippen molar-refractivity contribution in [3.05, 3.63) is 59.1 Å². The van der Waals surface area contributed by atoms with Crippen molar-refractivity contribution in [2.24, 2.45) is 0 Å². The number of alkyl halides is 3. The zero-order valence-corrected chi connectivity index (χ0v) is 13.9. The summed E-state index contributed by atoms with van der Waals surface area (Å²) in [6.45, 7) is 0.769. The fraction of sp³-hybridized carbons (Fsp3) is 0.176. The Labute approximate surface area is 147 Å². The van der Waals surface area contributed by atoms with E-state index in [1.165, 1.54) is 19.1 Å². The molecule has 0 heterocycles. The topological polar surface area (TPSA) is 49.4 Å². The summed E-state index contributed by atoms with van der Waals surface area (Å²) < 4.78 is 38.9. The van der Waals surface area contributed by atoms with Crippen molar-refractivity contribution in [3.63, 3.8) is 0 Å². The van der Waals surface area contributed by atoms with Crippen LogP contribution in [0, 0.1) is 0 Å². The molecule has 0 aliphatic heterocycles. The average molecular weight is 371 g/mol. The number of halogens is 4. The molecule has 1 N–H and O–H groups in total. The number of hydrogen-bond acceptors (Lipinski definition) is 2. The van der Waals surface area contributed by atoms with E-state index in [0.717, 1.165) is 17.0 Å². The minimum atomic E-state index is -4.60. The maximum Gasteiger partial charge on any atom is 0.418 e. The second kappa shape index (κ2) is 7.57. The van der Waals surface area contributed by atoms with Gasteiger partial charge >= 0.3 is 6.18 Å². The molecule has 0 aliphatic rings. The lowest BCUT2D eigenvalue weighted by atomic mass is 10.1. The van der Waals surface area contributed by atoms with Crippen LogP contribution in [0.25, 0.3) is 0 Å². The quantitative estimate of drug-likeness (QED) is 0.869. The van der Waals surface area contributed by atoms with Gasteiger partial charge in [-0.3, -0.25) is 9.59 Å². The summed E-state index contributed by atoms with van der Waals surface area (Å²) >= 11 is 6.02. The number of hydrogen-bond donors (Lipinski definition) is 1. The van der Waals surface area contributed by atoms with E-state index in [1.54, 1.807) is 24.3 Å². The Balaban J connectivity index is 2.22. The SMILES string of the molecule is CC(=O)N(CC(=O)Nc1ccccc1C(F)(F)F)c1ccccc1Cl. The summed E-state index contributed by atoms with van der Waals surface area (Å²) in [4.78, 5) is 25.1. The molecule has 2 aromatic rings.